The van der Waals surface area contributed by atoms with Crippen LogP contribution in [0.5, 0.6) is 0 Å². The van der Waals surface area contributed by atoms with E-state index in [2.05, 4.69) is 24.1 Å². The van der Waals surface area contributed by atoms with Crippen molar-refractivity contribution in [2.45, 2.75) is 43.9 Å². The summed E-state index contributed by atoms with van der Waals surface area (Å²) in [4.78, 5) is 14.7. The Labute approximate surface area is 102 Å². The predicted molar refractivity (Wildman–Crippen MR) is 68.8 cm³/mol. The molecule has 3 nitrogen and oxygen atoms in total. The van der Waals surface area contributed by atoms with Crippen LogP contribution in [0.2, 0.25) is 0 Å². The van der Waals surface area contributed by atoms with Gasteiger partial charge in [-0.3, -0.25) is 4.79 Å². The van der Waals surface area contributed by atoms with Crippen LogP contribution in [0.25, 0.3) is 0 Å². The zero-order chi connectivity index (χ0) is 11.6. The van der Waals surface area contributed by atoms with Gasteiger partial charge < -0.3 is 10.2 Å². The third-order valence-electron chi connectivity index (χ3n) is 3.60. The van der Waals surface area contributed by atoms with Gasteiger partial charge in [-0.2, -0.15) is 0 Å². The third-order valence-corrected chi connectivity index (χ3v) is 5.11. The molecule has 0 aromatic carbocycles. The van der Waals surface area contributed by atoms with E-state index in [1.165, 1.54) is 6.42 Å². The molecule has 92 valence electrons. The molecule has 0 aromatic heterocycles. The van der Waals surface area contributed by atoms with E-state index in [1.807, 2.05) is 11.8 Å². The van der Waals surface area contributed by atoms with Gasteiger partial charge in [0.15, 0.2) is 0 Å². The number of hydrogen-bond acceptors (Lipinski definition) is 3. The second kappa shape index (κ2) is 4.96. The van der Waals surface area contributed by atoms with Gasteiger partial charge in [0.2, 0.25) is 5.91 Å². The smallest absolute Gasteiger partial charge is 0.238 e. The number of nitrogens with zero attached hydrogens (tertiary/aromatic N) is 1. The van der Waals surface area contributed by atoms with E-state index in [1.54, 1.807) is 0 Å². The minimum Gasteiger partial charge on any atom is -0.336 e. The molecule has 2 fully saturated rings. The molecule has 0 aromatic rings. The van der Waals surface area contributed by atoms with Crippen molar-refractivity contribution in [2.24, 2.45) is 0 Å². The highest BCUT2D eigenvalue weighted by atomic mass is 32.2. The molecule has 0 bridgehead atoms. The highest BCUT2D eigenvalue weighted by Gasteiger charge is 2.42. The van der Waals surface area contributed by atoms with Crippen LogP contribution in [0.3, 0.4) is 0 Å². The molecular weight excluding hydrogens is 220 g/mol. The average molecular weight is 242 g/mol. The van der Waals surface area contributed by atoms with E-state index in [-0.39, 0.29) is 4.75 Å². The van der Waals surface area contributed by atoms with Gasteiger partial charge in [-0.25, -0.2) is 0 Å². The summed E-state index contributed by atoms with van der Waals surface area (Å²) >= 11 is 1.85. The van der Waals surface area contributed by atoms with Gasteiger partial charge >= 0.3 is 0 Å². The van der Waals surface area contributed by atoms with E-state index in [0.29, 0.717) is 11.9 Å². The normalized spacial score (nSPS) is 30.1. The minimum absolute atomic E-state index is 0.134. The fraction of sp³-hybridized carbons (Fsp3) is 0.917. The first-order valence-electron chi connectivity index (χ1n) is 6.33. The number of carbonyl (C=O) groups excluding carboxylic acids is 1. The lowest BCUT2D eigenvalue weighted by molar-refractivity contribution is -0.136. The number of rotatable bonds is 4. The molecular formula is C12H22N2OS. The van der Waals surface area contributed by atoms with E-state index in [4.69, 9.17) is 0 Å². The number of nitrogens with one attached hydrogen (secondary N) is 1. The highest BCUT2D eigenvalue weighted by molar-refractivity contribution is 8.01. The lowest BCUT2D eigenvalue weighted by atomic mass is 10.0. The second-order valence-corrected chi connectivity index (χ2v) is 6.59. The maximum atomic E-state index is 12.6. The Morgan fingerprint density at radius 2 is 2.31 bits per heavy atom. The maximum Gasteiger partial charge on any atom is 0.238 e. The van der Waals surface area contributed by atoms with Crippen LogP contribution in [-0.4, -0.2) is 47.0 Å². The van der Waals surface area contributed by atoms with Gasteiger partial charge in [0.05, 0.1) is 10.8 Å². The fourth-order valence-corrected chi connectivity index (χ4v) is 3.70. The van der Waals surface area contributed by atoms with Crippen LogP contribution in [0.4, 0.5) is 0 Å². The molecule has 4 heteroatoms. The van der Waals surface area contributed by atoms with Crippen LogP contribution < -0.4 is 5.32 Å². The van der Waals surface area contributed by atoms with Crippen molar-refractivity contribution < 1.29 is 4.79 Å². The van der Waals surface area contributed by atoms with E-state index in [9.17, 15) is 4.79 Å². The average Bonchev–Trinajstić information content (AvgIpc) is 2.62. The summed E-state index contributed by atoms with van der Waals surface area (Å²) in [5.41, 5.74) is 0. The van der Waals surface area contributed by atoms with E-state index < -0.39 is 0 Å². The molecule has 2 saturated heterocycles. The summed E-state index contributed by atoms with van der Waals surface area (Å²) in [7, 11) is 0. The Balaban J connectivity index is 2.03. The first-order chi connectivity index (χ1) is 7.67. The van der Waals surface area contributed by atoms with Crippen LogP contribution in [-0.2, 0) is 4.79 Å². The largest absolute Gasteiger partial charge is 0.336 e. The Bertz CT molecular complexity index is 260. The van der Waals surface area contributed by atoms with Gasteiger partial charge in [-0.05, 0) is 31.9 Å². The van der Waals surface area contributed by atoms with Crippen LogP contribution in [0.15, 0.2) is 0 Å². The Morgan fingerprint density at radius 1 is 1.56 bits per heavy atom. The van der Waals surface area contributed by atoms with Crippen molar-refractivity contribution in [1.29, 1.82) is 0 Å². The number of amides is 1. The van der Waals surface area contributed by atoms with Gasteiger partial charge in [0, 0.05) is 19.6 Å². The molecule has 0 aliphatic carbocycles. The molecule has 16 heavy (non-hydrogen) atoms. The fourth-order valence-electron chi connectivity index (χ4n) is 2.44. The topological polar surface area (TPSA) is 32.3 Å². The molecule has 0 spiro atoms. The summed E-state index contributed by atoms with van der Waals surface area (Å²) in [5.74, 6) is 1.52. The maximum absolute atomic E-state index is 12.6. The monoisotopic (exact) mass is 242 g/mol. The van der Waals surface area contributed by atoms with Crippen LogP contribution in [0, 0.1) is 0 Å². The number of thioether (sulfide) groups is 1. The highest BCUT2D eigenvalue weighted by Crippen LogP contribution is 2.39. The first kappa shape index (κ1) is 12.2. The number of carbonyl (C=O) groups is 1. The lowest BCUT2D eigenvalue weighted by Gasteiger charge is -2.41. The van der Waals surface area contributed by atoms with Crippen molar-refractivity contribution in [3.8, 4) is 0 Å². The zero-order valence-corrected chi connectivity index (χ0v) is 11.1. The molecule has 1 amide bonds. The molecule has 2 aliphatic rings. The van der Waals surface area contributed by atoms with Crippen molar-refractivity contribution in [3.63, 3.8) is 0 Å². The molecule has 1 atom stereocenters. The zero-order valence-electron chi connectivity index (χ0n) is 10.3. The summed E-state index contributed by atoms with van der Waals surface area (Å²) in [6, 6.07) is 0.450. The Morgan fingerprint density at radius 3 is 2.75 bits per heavy atom. The molecule has 2 rings (SSSR count). The summed E-state index contributed by atoms with van der Waals surface area (Å²) in [6.07, 6.45) is 3.30. The van der Waals surface area contributed by atoms with Crippen LogP contribution >= 0.6 is 11.8 Å². The molecule has 0 saturated carbocycles. The van der Waals surface area contributed by atoms with Crippen molar-refractivity contribution >= 4 is 17.7 Å². The van der Waals surface area contributed by atoms with Crippen molar-refractivity contribution in [3.05, 3.63) is 0 Å². The van der Waals surface area contributed by atoms with Gasteiger partial charge in [-0.15, -0.1) is 11.8 Å². The van der Waals surface area contributed by atoms with E-state index >= 15 is 0 Å². The Hall–Kier alpha value is -0.220. The van der Waals surface area contributed by atoms with Gasteiger partial charge in [0.25, 0.3) is 0 Å². The summed E-state index contributed by atoms with van der Waals surface area (Å²) in [5, 5.41) is 3.26. The predicted octanol–water partition coefficient (Wildman–Crippen LogP) is 1.48. The third kappa shape index (κ3) is 2.23. The summed E-state index contributed by atoms with van der Waals surface area (Å²) in [6.45, 7) is 7.15. The number of hydrogen-bond donors (Lipinski definition) is 1. The SMILES string of the molecule is CCCN(C(=O)C1(C)CCCS1)C1CNC1. The summed E-state index contributed by atoms with van der Waals surface area (Å²) < 4.78 is -0.134. The Kier molecular flexibility index (Phi) is 3.80. The van der Waals surface area contributed by atoms with Crippen molar-refractivity contribution in [2.75, 3.05) is 25.4 Å². The van der Waals surface area contributed by atoms with E-state index in [0.717, 1.165) is 38.2 Å². The van der Waals surface area contributed by atoms with Gasteiger partial charge in [0.1, 0.15) is 0 Å². The molecule has 1 unspecified atom stereocenters. The molecule has 1 N–H and O–H groups in total. The second-order valence-electron chi connectivity index (χ2n) is 4.99. The van der Waals surface area contributed by atoms with Crippen molar-refractivity contribution in [1.82, 2.24) is 10.2 Å². The molecule has 2 aliphatic heterocycles. The molecule has 2 heterocycles. The van der Waals surface area contributed by atoms with Gasteiger partial charge in [-0.1, -0.05) is 6.92 Å². The minimum atomic E-state index is -0.134. The lowest BCUT2D eigenvalue weighted by Crippen LogP contribution is -2.61. The van der Waals surface area contributed by atoms with Crippen LogP contribution in [0.1, 0.15) is 33.1 Å². The molecule has 0 radical (unpaired) electrons. The standard InChI is InChI=1S/C12H22N2OS/c1-3-6-14(10-8-13-9-10)11(15)12(2)5-4-7-16-12/h10,13H,3-9H2,1-2H3. The quantitative estimate of drug-likeness (QED) is 0.810. The first-order valence-corrected chi connectivity index (χ1v) is 7.31.